The third kappa shape index (κ3) is 10.0. The molecular formula is C35H48O2. The first-order valence-corrected chi connectivity index (χ1v) is 14.8. The molecule has 0 aliphatic rings. The molecular weight excluding hydrogens is 452 g/mol. The predicted octanol–water partition coefficient (Wildman–Crippen LogP) is 10.8. The Morgan fingerprint density at radius 2 is 1.05 bits per heavy atom. The number of rotatable bonds is 18. The summed E-state index contributed by atoms with van der Waals surface area (Å²) in [6.07, 6.45) is 14.4. The number of hydrogen-bond acceptors (Lipinski definition) is 2. The molecule has 0 fully saturated rings. The Balaban J connectivity index is 1.50. The van der Waals surface area contributed by atoms with Gasteiger partial charge in [-0.2, -0.15) is 0 Å². The van der Waals surface area contributed by atoms with Crippen LogP contribution < -0.4 is 4.74 Å². The highest BCUT2D eigenvalue weighted by Crippen LogP contribution is 2.33. The highest BCUT2D eigenvalue weighted by Gasteiger charge is 2.10. The second-order valence-corrected chi connectivity index (χ2v) is 10.2. The van der Waals surface area contributed by atoms with Gasteiger partial charge in [0.1, 0.15) is 5.75 Å². The van der Waals surface area contributed by atoms with Gasteiger partial charge in [0.05, 0.1) is 12.7 Å². The van der Waals surface area contributed by atoms with Crippen molar-refractivity contribution >= 4 is 0 Å². The van der Waals surface area contributed by atoms with Crippen LogP contribution in [-0.4, -0.2) is 13.2 Å². The molecule has 0 saturated carbocycles. The van der Waals surface area contributed by atoms with Gasteiger partial charge in [-0.15, -0.1) is 0 Å². The van der Waals surface area contributed by atoms with Crippen LogP contribution in [0.3, 0.4) is 0 Å². The smallest absolute Gasteiger partial charge is 0.119 e. The van der Waals surface area contributed by atoms with Gasteiger partial charge in [-0.3, -0.25) is 0 Å². The van der Waals surface area contributed by atoms with Crippen molar-refractivity contribution < 1.29 is 9.47 Å². The third-order valence-electron chi connectivity index (χ3n) is 7.17. The molecule has 1 atom stereocenters. The van der Waals surface area contributed by atoms with E-state index in [1.54, 1.807) is 0 Å². The monoisotopic (exact) mass is 500 g/mol. The summed E-state index contributed by atoms with van der Waals surface area (Å²) in [6, 6.07) is 26.1. The zero-order chi connectivity index (χ0) is 26.1. The van der Waals surface area contributed by atoms with Crippen LogP contribution in [0.1, 0.15) is 103 Å². The topological polar surface area (TPSA) is 18.5 Å². The second-order valence-electron chi connectivity index (χ2n) is 10.2. The van der Waals surface area contributed by atoms with Crippen molar-refractivity contribution in [2.45, 2.75) is 97.5 Å². The summed E-state index contributed by atoms with van der Waals surface area (Å²) in [7, 11) is 0. The quantitative estimate of drug-likeness (QED) is 0.162. The molecule has 3 aromatic rings. The number of unbranched alkanes of at least 4 members (excludes halogenated alkanes) is 9. The van der Waals surface area contributed by atoms with Crippen molar-refractivity contribution in [3.8, 4) is 28.0 Å². The Kier molecular flexibility index (Phi) is 13.3. The fraction of sp³-hybridized carbons (Fsp3) is 0.486. The van der Waals surface area contributed by atoms with E-state index < -0.39 is 0 Å². The average molecular weight is 501 g/mol. The summed E-state index contributed by atoms with van der Waals surface area (Å²) in [5, 5.41) is 0. The van der Waals surface area contributed by atoms with Crippen LogP contribution in [0, 0.1) is 0 Å². The summed E-state index contributed by atoms with van der Waals surface area (Å²) in [5.41, 5.74) is 6.16. The predicted molar refractivity (Wildman–Crippen MR) is 159 cm³/mol. The molecule has 2 heteroatoms. The Bertz CT molecular complexity index is 991. The van der Waals surface area contributed by atoms with E-state index in [-0.39, 0.29) is 6.10 Å². The van der Waals surface area contributed by atoms with Gasteiger partial charge in [0.2, 0.25) is 0 Å². The van der Waals surface area contributed by atoms with E-state index >= 15 is 0 Å². The minimum atomic E-state index is 0.124. The first-order chi connectivity index (χ1) is 18.2. The van der Waals surface area contributed by atoms with Gasteiger partial charge in [-0.05, 0) is 59.7 Å². The van der Waals surface area contributed by atoms with Crippen LogP contribution in [0.25, 0.3) is 22.3 Å². The molecule has 0 N–H and O–H groups in total. The van der Waals surface area contributed by atoms with Crippen molar-refractivity contribution in [3.63, 3.8) is 0 Å². The van der Waals surface area contributed by atoms with E-state index in [2.05, 4.69) is 93.6 Å². The molecule has 37 heavy (non-hydrogen) atoms. The van der Waals surface area contributed by atoms with Gasteiger partial charge >= 0.3 is 0 Å². The summed E-state index contributed by atoms with van der Waals surface area (Å²) in [6.45, 7) is 8.23. The van der Waals surface area contributed by atoms with Crippen LogP contribution in [0.4, 0.5) is 0 Å². The van der Waals surface area contributed by atoms with Crippen molar-refractivity contribution in [1.82, 2.24) is 0 Å². The van der Waals surface area contributed by atoms with Crippen molar-refractivity contribution in [2.75, 3.05) is 13.2 Å². The largest absolute Gasteiger partial charge is 0.494 e. The highest BCUT2D eigenvalue weighted by molar-refractivity contribution is 5.83. The van der Waals surface area contributed by atoms with Crippen LogP contribution in [0.2, 0.25) is 0 Å². The van der Waals surface area contributed by atoms with Gasteiger partial charge < -0.3 is 9.47 Å². The molecule has 0 amide bonds. The SMILES string of the molecule is CCCCCCCCCCCOc1ccc(-c2ccccc2-c2ccc(C(C)OCCCC)cc2)cc1. The lowest BCUT2D eigenvalue weighted by atomic mass is 9.94. The molecule has 200 valence electrons. The first-order valence-electron chi connectivity index (χ1n) is 14.8. The maximum Gasteiger partial charge on any atom is 0.119 e. The fourth-order valence-corrected chi connectivity index (χ4v) is 4.75. The average Bonchev–Trinajstić information content (AvgIpc) is 2.94. The van der Waals surface area contributed by atoms with E-state index in [0.717, 1.165) is 38.2 Å². The van der Waals surface area contributed by atoms with E-state index in [1.807, 2.05) is 0 Å². The lowest BCUT2D eigenvalue weighted by molar-refractivity contribution is 0.0637. The molecule has 0 saturated heterocycles. The zero-order valence-electron chi connectivity index (χ0n) is 23.5. The van der Waals surface area contributed by atoms with Crippen molar-refractivity contribution in [3.05, 3.63) is 78.4 Å². The van der Waals surface area contributed by atoms with E-state index in [9.17, 15) is 0 Å². The maximum absolute atomic E-state index is 6.03. The Hall–Kier alpha value is -2.58. The van der Waals surface area contributed by atoms with E-state index in [1.165, 1.54) is 79.2 Å². The van der Waals surface area contributed by atoms with Gasteiger partial charge in [0.15, 0.2) is 0 Å². The molecule has 3 aromatic carbocycles. The standard InChI is InChI=1S/C35H48O2/c1-4-6-8-9-10-11-12-13-16-28-37-33-25-23-32(24-26-33)35-18-15-14-17-34(35)31-21-19-30(20-22-31)29(3)36-27-7-5-2/h14-15,17-26,29H,4-13,16,27-28H2,1-3H3. The van der Waals surface area contributed by atoms with Gasteiger partial charge in [0.25, 0.3) is 0 Å². The Morgan fingerprint density at radius 1 is 0.541 bits per heavy atom. The summed E-state index contributed by atoms with van der Waals surface area (Å²) >= 11 is 0. The minimum absolute atomic E-state index is 0.124. The van der Waals surface area contributed by atoms with Crippen molar-refractivity contribution in [2.24, 2.45) is 0 Å². The summed E-state index contributed by atoms with van der Waals surface area (Å²) < 4.78 is 12.0. The van der Waals surface area contributed by atoms with Crippen molar-refractivity contribution in [1.29, 1.82) is 0 Å². The minimum Gasteiger partial charge on any atom is -0.494 e. The lowest BCUT2D eigenvalue weighted by Gasteiger charge is -2.15. The molecule has 0 spiro atoms. The molecule has 0 aliphatic carbocycles. The van der Waals surface area contributed by atoms with E-state index in [0.29, 0.717) is 0 Å². The Labute approximate surface area is 226 Å². The van der Waals surface area contributed by atoms with Crippen LogP contribution in [-0.2, 0) is 4.74 Å². The Morgan fingerprint density at radius 3 is 1.62 bits per heavy atom. The molecule has 1 unspecified atom stereocenters. The molecule has 0 radical (unpaired) electrons. The lowest BCUT2D eigenvalue weighted by Crippen LogP contribution is -2.01. The summed E-state index contributed by atoms with van der Waals surface area (Å²) in [5.74, 6) is 0.960. The van der Waals surface area contributed by atoms with Gasteiger partial charge in [0, 0.05) is 6.61 Å². The molecule has 2 nitrogen and oxygen atoms in total. The number of benzene rings is 3. The van der Waals surface area contributed by atoms with Crippen LogP contribution in [0.15, 0.2) is 72.8 Å². The zero-order valence-corrected chi connectivity index (χ0v) is 23.5. The van der Waals surface area contributed by atoms with Crippen LogP contribution in [0.5, 0.6) is 5.75 Å². The normalized spacial score (nSPS) is 12.0. The van der Waals surface area contributed by atoms with Gasteiger partial charge in [-0.1, -0.05) is 132 Å². The molecule has 0 aromatic heterocycles. The summed E-state index contributed by atoms with van der Waals surface area (Å²) in [4.78, 5) is 0. The number of hydrogen-bond donors (Lipinski definition) is 0. The van der Waals surface area contributed by atoms with Crippen LogP contribution >= 0.6 is 0 Å². The first kappa shape index (κ1) is 29.0. The molecule has 0 heterocycles. The third-order valence-corrected chi connectivity index (χ3v) is 7.17. The van der Waals surface area contributed by atoms with Gasteiger partial charge in [-0.25, -0.2) is 0 Å². The second kappa shape index (κ2) is 17.0. The molecule has 0 aliphatic heterocycles. The fourth-order valence-electron chi connectivity index (χ4n) is 4.75. The van der Waals surface area contributed by atoms with E-state index in [4.69, 9.17) is 9.47 Å². The molecule has 3 rings (SSSR count). The molecule has 0 bridgehead atoms. The highest BCUT2D eigenvalue weighted by atomic mass is 16.5. The number of ether oxygens (including phenoxy) is 2. The maximum atomic E-state index is 6.03.